The highest BCUT2D eigenvalue weighted by Gasteiger charge is 2.11. The lowest BCUT2D eigenvalue weighted by atomic mass is 10.3. The van der Waals surface area contributed by atoms with Crippen LogP contribution in [0.2, 0.25) is 0 Å². The van der Waals surface area contributed by atoms with Gasteiger partial charge in [0.15, 0.2) is 0 Å². The Balaban J connectivity index is 1.92. The Hall–Kier alpha value is -1.41. The van der Waals surface area contributed by atoms with Crippen molar-refractivity contribution in [3.05, 3.63) is 27.1 Å². The van der Waals surface area contributed by atoms with Gasteiger partial charge in [0.05, 0.1) is 3.79 Å². The van der Waals surface area contributed by atoms with E-state index in [0.29, 0.717) is 6.54 Å². The van der Waals surface area contributed by atoms with Crippen LogP contribution in [0.1, 0.15) is 5.56 Å². The second kappa shape index (κ2) is 5.49. The highest BCUT2D eigenvalue weighted by Crippen LogP contribution is 2.21. The normalized spacial score (nSPS) is 10.6. The number of carbonyl (C=O) groups is 1. The molecule has 6 nitrogen and oxygen atoms in total. The molecular weight excluding hydrogens is 318 g/mol. The number of amides is 1. The topological polar surface area (TPSA) is 77.0 Å². The van der Waals surface area contributed by atoms with Gasteiger partial charge in [0, 0.05) is 13.6 Å². The Kier molecular flexibility index (Phi) is 3.97. The number of halogens is 1. The van der Waals surface area contributed by atoms with Gasteiger partial charge in [-0.15, -0.1) is 16.4 Å². The lowest BCUT2D eigenvalue weighted by Gasteiger charge is -2.16. The van der Waals surface area contributed by atoms with Crippen LogP contribution in [0.5, 0.6) is 0 Å². The third-order valence-electron chi connectivity index (χ3n) is 2.32. The van der Waals surface area contributed by atoms with Crippen molar-refractivity contribution >= 4 is 39.1 Å². The maximum atomic E-state index is 11.9. The quantitative estimate of drug-likeness (QED) is 0.918. The number of nitrogens with two attached hydrogens (primary N) is 1. The molecule has 0 saturated carbocycles. The van der Waals surface area contributed by atoms with Crippen molar-refractivity contribution in [2.24, 2.45) is 0 Å². The van der Waals surface area contributed by atoms with E-state index in [1.807, 2.05) is 11.4 Å². The minimum Gasteiger partial charge on any atom is -0.367 e. The highest BCUT2D eigenvalue weighted by molar-refractivity contribution is 9.11. The monoisotopic (exact) mass is 329 g/mol. The summed E-state index contributed by atoms with van der Waals surface area (Å²) < 4.78 is 2.49. The second-order valence-electron chi connectivity index (χ2n) is 3.81. The Morgan fingerprint density at radius 3 is 3.00 bits per heavy atom. The van der Waals surface area contributed by atoms with Gasteiger partial charge < -0.3 is 10.6 Å². The molecule has 0 fully saturated rings. The van der Waals surface area contributed by atoms with Gasteiger partial charge in [-0.1, -0.05) is 0 Å². The molecule has 8 heteroatoms. The van der Waals surface area contributed by atoms with E-state index in [9.17, 15) is 4.79 Å². The number of aromatic nitrogens is 3. The summed E-state index contributed by atoms with van der Waals surface area (Å²) in [5.41, 5.74) is 6.48. The average molecular weight is 330 g/mol. The van der Waals surface area contributed by atoms with Gasteiger partial charge >= 0.3 is 0 Å². The van der Waals surface area contributed by atoms with Crippen molar-refractivity contribution in [2.75, 3.05) is 12.8 Å². The summed E-state index contributed by atoms with van der Waals surface area (Å²) in [6.45, 7) is 0.719. The van der Waals surface area contributed by atoms with Crippen LogP contribution >= 0.6 is 27.3 Å². The SMILES string of the molecule is CN(Cc1csc(Br)c1)C(=O)Cn1cnc(N)n1. The number of hydrogen-bond donors (Lipinski definition) is 1. The van der Waals surface area contributed by atoms with E-state index in [1.165, 1.54) is 11.0 Å². The molecule has 0 spiro atoms. The van der Waals surface area contributed by atoms with Crippen molar-refractivity contribution in [1.82, 2.24) is 19.7 Å². The van der Waals surface area contributed by atoms with Crippen LogP contribution in [0.25, 0.3) is 0 Å². The lowest BCUT2D eigenvalue weighted by Crippen LogP contribution is -2.29. The molecule has 1 amide bonds. The molecule has 2 heterocycles. The van der Waals surface area contributed by atoms with E-state index >= 15 is 0 Å². The lowest BCUT2D eigenvalue weighted by molar-refractivity contribution is -0.131. The molecule has 2 aromatic rings. The zero-order chi connectivity index (χ0) is 13.1. The summed E-state index contributed by atoms with van der Waals surface area (Å²) in [4.78, 5) is 17.3. The Morgan fingerprint density at radius 2 is 2.44 bits per heavy atom. The molecule has 0 radical (unpaired) electrons. The number of nitrogen functional groups attached to an aromatic ring is 1. The van der Waals surface area contributed by atoms with Crippen molar-refractivity contribution in [2.45, 2.75) is 13.1 Å². The predicted octanol–water partition coefficient (Wildman–Crippen LogP) is 1.34. The summed E-state index contributed by atoms with van der Waals surface area (Å²) in [6.07, 6.45) is 1.45. The first-order valence-electron chi connectivity index (χ1n) is 5.16. The smallest absolute Gasteiger partial charge is 0.244 e. The van der Waals surface area contributed by atoms with Crippen LogP contribution in [-0.2, 0) is 17.9 Å². The zero-order valence-electron chi connectivity index (χ0n) is 9.71. The minimum atomic E-state index is -0.0396. The third-order valence-corrected chi connectivity index (χ3v) is 3.87. The summed E-state index contributed by atoms with van der Waals surface area (Å²) in [5, 5.41) is 5.89. The molecule has 0 atom stereocenters. The van der Waals surface area contributed by atoms with Gasteiger partial charge in [0.2, 0.25) is 11.9 Å². The molecule has 0 aromatic carbocycles. The highest BCUT2D eigenvalue weighted by atomic mass is 79.9. The van der Waals surface area contributed by atoms with Crippen LogP contribution < -0.4 is 5.73 Å². The number of anilines is 1. The standard InChI is InChI=1S/C10H12BrN5OS/c1-15(3-7-2-8(11)18-5-7)9(17)4-16-6-13-10(12)14-16/h2,5-6H,3-4H2,1H3,(H2,12,14). The molecule has 0 aliphatic rings. The number of carbonyl (C=O) groups excluding carboxylic acids is 1. The Bertz CT molecular complexity index is 552. The minimum absolute atomic E-state index is 0.0396. The number of hydrogen-bond acceptors (Lipinski definition) is 5. The van der Waals surface area contributed by atoms with Gasteiger partial charge in [0.25, 0.3) is 0 Å². The summed E-state index contributed by atoms with van der Waals surface area (Å²) in [7, 11) is 1.76. The van der Waals surface area contributed by atoms with E-state index in [-0.39, 0.29) is 18.4 Å². The Labute approximate surface area is 117 Å². The first kappa shape index (κ1) is 13.0. The first-order valence-corrected chi connectivity index (χ1v) is 6.83. The molecule has 0 unspecified atom stereocenters. The number of nitrogens with zero attached hydrogens (tertiary/aromatic N) is 4. The largest absolute Gasteiger partial charge is 0.367 e. The van der Waals surface area contributed by atoms with Gasteiger partial charge in [-0.25, -0.2) is 9.67 Å². The molecule has 0 bridgehead atoms. The molecule has 2 rings (SSSR count). The van der Waals surface area contributed by atoms with E-state index in [4.69, 9.17) is 5.73 Å². The van der Waals surface area contributed by atoms with E-state index < -0.39 is 0 Å². The maximum absolute atomic E-state index is 11.9. The molecular formula is C10H12BrN5OS. The summed E-state index contributed by atoms with van der Waals surface area (Å²) >= 11 is 4.99. The van der Waals surface area contributed by atoms with Crippen LogP contribution in [0.4, 0.5) is 5.95 Å². The van der Waals surface area contributed by atoms with Crippen LogP contribution in [0.3, 0.4) is 0 Å². The van der Waals surface area contributed by atoms with E-state index in [0.717, 1.165) is 9.35 Å². The molecule has 2 aromatic heterocycles. The number of rotatable bonds is 4. The fourth-order valence-corrected chi connectivity index (χ4v) is 2.64. The summed E-state index contributed by atoms with van der Waals surface area (Å²) in [6, 6.07) is 2.00. The van der Waals surface area contributed by atoms with Gasteiger partial charge in [0.1, 0.15) is 12.9 Å². The third kappa shape index (κ3) is 3.30. The fourth-order valence-electron chi connectivity index (χ4n) is 1.44. The molecule has 0 aliphatic heterocycles. The zero-order valence-corrected chi connectivity index (χ0v) is 12.1. The van der Waals surface area contributed by atoms with Crippen LogP contribution in [0.15, 0.2) is 21.6 Å². The predicted molar refractivity (Wildman–Crippen MR) is 72.9 cm³/mol. The van der Waals surface area contributed by atoms with Gasteiger partial charge in [-0.3, -0.25) is 4.79 Å². The molecule has 18 heavy (non-hydrogen) atoms. The summed E-state index contributed by atoms with van der Waals surface area (Å²) in [5.74, 6) is 0.134. The van der Waals surface area contributed by atoms with Crippen molar-refractivity contribution in [1.29, 1.82) is 0 Å². The van der Waals surface area contributed by atoms with Gasteiger partial charge in [-0.05, 0) is 32.9 Å². The van der Waals surface area contributed by atoms with E-state index in [1.54, 1.807) is 23.3 Å². The maximum Gasteiger partial charge on any atom is 0.244 e. The van der Waals surface area contributed by atoms with Crippen LogP contribution in [-0.4, -0.2) is 32.6 Å². The number of thiophene rings is 1. The van der Waals surface area contributed by atoms with Crippen molar-refractivity contribution in [3.8, 4) is 0 Å². The first-order chi connectivity index (χ1) is 8.54. The van der Waals surface area contributed by atoms with E-state index in [2.05, 4.69) is 26.0 Å². The molecule has 96 valence electrons. The fraction of sp³-hybridized carbons (Fsp3) is 0.300. The van der Waals surface area contributed by atoms with Gasteiger partial charge in [-0.2, -0.15) is 0 Å². The molecule has 0 saturated heterocycles. The Morgan fingerprint density at radius 1 is 1.67 bits per heavy atom. The molecule has 0 aliphatic carbocycles. The molecule has 2 N–H and O–H groups in total. The van der Waals surface area contributed by atoms with Crippen molar-refractivity contribution < 1.29 is 4.79 Å². The van der Waals surface area contributed by atoms with Crippen molar-refractivity contribution in [3.63, 3.8) is 0 Å². The average Bonchev–Trinajstić information content (AvgIpc) is 2.88. The number of likely N-dealkylation sites (N-methyl/N-ethyl adjacent to an activating group) is 1. The van der Waals surface area contributed by atoms with Crippen LogP contribution in [0, 0.1) is 0 Å². The second-order valence-corrected chi connectivity index (χ2v) is 6.10.